The molecule has 21 heavy (non-hydrogen) atoms. The molecule has 2 nitrogen and oxygen atoms in total. The summed E-state index contributed by atoms with van der Waals surface area (Å²) >= 11 is 5.93. The molecule has 2 rings (SSSR count). The third-order valence-electron chi connectivity index (χ3n) is 4.14. The fourth-order valence-electron chi connectivity index (χ4n) is 2.80. The third kappa shape index (κ3) is 4.52. The minimum absolute atomic E-state index is 0.00982. The van der Waals surface area contributed by atoms with Crippen molar-refractivity contribution in [2.24, 2.45) is 5.92 Å². The molecule has 0 saturated carbocycles. The van der Waals surface area contributed by atoms with Crippen molar-refractivity contribution < 1.29 is 9.18 Å². The van der Waals surface area contributed by atoms with Crippen molar-refractivity contribution in [3.05, 3.63) is 34.9 Å². The molecule has 1 aliphatic heterocycles. The standard InChI is InChI=1S/C17H23ClFNO/c1-12(2)17(21)16(13-3-5-14(18)6-4-13)11-20-9-7-15(19)8-10-20/h3-6,12,15-16H,7-11H2,1-2H3. The molecule has 0 amide bonds. The van der Waals surface area contributed by atoms with Gasteiger partial charge in [0.2, 0.25) is 0 Å². The molecule has 1 unspecified atom stereocenters. The Kier molecular flexibility index (Phi) is 5.77. The minimum atomic E-state index is -0.684. The summed E-state index contributed by atoms with van der Waals surface area (Å²) in [7, 11) is 0. The van der Waals surface area contributed by atoms with Crippen LogP contribution in [0.3, 0.4) is 0 Å². The maximum absolute atomic E-state index is 13.2. The van der Waals surface area contributed by atoms with Crippen LogP contribution in [-0.2, 0) is 4.79 Å². The first-order valence-electron chi connectivity index (χ1n) is 7.63. The molecule has 4 heteroatoms. The zero-order valence-electron chi connectivity index (χ0n) is 12.7. The Balaban J connectivity index is 2.12. The predicted octanol–water partition coefficient (Wildman–Crippen LogP) is 4.08. The number of rotatable bonds is 5. The van der Waals surface area contributed by atoms with Crippen LogP contribution in [0, 0.1) is 5.92 Å². The molecule has 0 spiro atoms. The number of ketones is 1. The normalized spacial score (nSPS) is 18.9. The molecule has 1 fully saturated rings. The summed E-state index contributed by atoms with van der Waals surface area (Å²) in [5.41, 5.74) is 1.00. The molecule has 1 heterocycles. The van der Waals surface area contributed by atoms with E-state index in [9.17, 15) is 9.18 Å². The molecular formula is C17H23ClFNO. The van der Waals surface area contributed by atoms with Crippen LogP contribution in [0.15, 0.2) is 24.3 Å². The highest BCUT2D eigenvalue weighted by molar-refractivity contribution is 6.30. The fraction of sp³-hybridized carbons (Fsp3) is 0.588. The molecule has 1 aromatic rings. The summed E-state index contributed by atoms with van der Waals surface area (Å²) in [4.78, 5) is 14.7. The van der Waals surface area contributed by atoms with Gasteiger partial charge in [0.1, 0.15) is 12.0 Å². The summed E-state index contributed by atoms with van der Waals surface area (Å²) < 4.78 is 13.2. The maximum Gasteiger partial charge on any atom is 0.144 e. The van der Waals surface area contributed by atoms with Gasteiger partial charge in [0, 0.05) is 30.6 Å². The summed E-state index contributed by atoms with van der Waals surface area (Å²) in [5.74, 6) is 0.0718. The first-order valence-corrected chi connectivity index (χ1v) is 8.00. The van der Waals surface area contributed by atoms with E-state index in [0.717, 1.165) is 18.7 Å². The summed E-state index contributed by atoms with van der Waals surface area (Å²) in [5, 5.41) is 0.674. The van der Waals surface area contributed by atoms with Crippen molar-refractivity contribution in [2.75, 3.05) is 19.6 Å². The monoisotopic (exact) mass is 311 g/mol. The maximum atomic E-state index is 13.2. The highest BCUT2D eigenvalue weighted by atomic mass is 35.5. The lowest BCUT2D eigenvalue weighted by molar-refractivity contribution is -0.123. The number of carbonyl (C=O) groups excluding carboxylic acids is 1. The van der Waals surface area contributed by atoms with Crippen LogP contribution in [0.2, 0.25) is 5.02 Å². The van der Waals surface area contributed by atoms with E-state index in [1.165, 1.54) is 0 Å². The Morgan fingerprint density at radius 3 is 2.38 bits per heavy atom. The molecule has 0 radical (unpaired) electrons. The number of nitrogens with zero attached hydrogens (tertiary/aromatic N) is 1. The molecule has 116 valence electrons. The van der Waals surface area contributed by atoms with Crippen LogP contribution in [0.1, 0.15) is 38.2 Å². The third-order valence-corrected chi connectivity index (χ3v) is 4.39. The predicted molar refractivity (Wildman–Crippen MR) is 84.6 cm³/mol. The van der Waals surface area contributed by atoms with Gasteiger partial charge in [-0.25, -0.2) is 4.39 Å². The van der Waals surface area contributed by atoms with E-state index in [2.05, 4.69) is 4.90 Å². The zero-order chi connectivity index (χ0) is 15.4. The van der Waals surface area contributed by atoms with Crippen molar-refractivity contribution in [1.29, 1.82) is 0 Å². The highest BCUT2D eigenvalue weighted by Crippen LogP contribution is 2.25. The van der Waals surface area contributed by atoms with Crippen LogP contribution in [0.25, 0.3) is 0 Å². The van der Waals surface area contributed by atoms with E-state index in [4.69, 9.17) is 11.6 Å². The van der Waals surface area contributed by atoms with Gasteiger partial charge < -0.3 is 4.90 Å². The second-order valence-electron chi connectivity index (χ2n) is 6.14. The quantitative estimate of drug-likeness (QED) is 0.816. The van der Waals surface area contributed by atoms with Gasteiger partial charge in [-0.3, -0.25) is 4.79 Å². The molecule has 0 N–H and O–H groups in total. The molecular weight excluding hydrogens is 289 g/mol. The van der Waals surface area contributed by atoms with E-state index in [-0.39, 0.29) is 17.6 Å². The molecule has 1 saturated heterocycles. The van der Waals surface area contributed by atoms with Crippen LogP contribution in [0.4, 0.5) is 4.39 Å². The summed E-state index contributed by atoms with van der Waals surface area (Å²) in [6.07, 6.45) is 0.461. The first kappa shape index (κ1) is 16.4. The Hall–Kier alpha value is -0.930. The summed E-state index contributed by atoms with van der Waals surface area (Å²) in [6, 6.07) is 7.50. The van der Waals surface area contributed by atoms with E-state index >= 15 is 0 Å². The van der Waals surface area contributed by atoms with Crippen LogP contribution >= 0.6 is 11.6 Å². The van der Waals surface area contributed by atoms with Crippen LogP contribution in [-0.4, -0.2) is 36.5 Å². The number of halogens is 2. The number of hydrogen-bond acceptors (Lipinski definition) is 2. The molecule has 1 aliphatic rings. The molecule has 1 aromatic carbocycles. The van der Waals surface area contributed by atoms with Gasteiger partial charge in [-0.15, -0.1) is 0 Å². The van der Waals surface area contributed by atoms with E-state index in [0.29, 0.717) is 24.4 Å². The summed E-state index contributed by atoms with van der Waals surface area (Å²) in [6.45, 7) is 6.00. The van der Waals surface area contributed by atoms with Crippen molar-refractivity contribution in [2.45, 2.75) is 38.8 Å². The SMILES string of the molecule is CC(C)C(=O)C(CN1CCC(F)CC1)c1ccc(Cl)cc1. The number of benzene rings is 1. The van der Waals surface area contributed by atoms with E-state index in [1.54, 1.807) is 0 Å². The number of hydrogen-bond donors (Lipinski definition) is 0. The van der Waals surface area contributed by atoms with Gasteiger partial charge in [-0.05, 0) is 30.5 Å². The second-order valence-corrected chi connectivity index (χ2v) is 6.57. The van der Waals surface area contributed by atoms with Gasteiger partial charge in [0.15, 0.2) is 0 Å². The van der Waals surface area contributed by atoms with Gasteiger partial charge >= 0.3 is 0 Å². The number of carbonyl (C=O) groups is 1. The number of alkyl halides is 1. The number of likely N-dealkylation sites (tertiary alicyclic amines) is 1. The highest BCUT2D eigenvalue weighted by Gasteiger charge is 2.27. The van der Waals surface area contributed by atoms with Crippen molar-refractivity contribution in [3.63, 3.8) is 0 Å². The van der Waals surface area contributed by atoms with Crippen molar-refractivity contribution in [3.8, 4) is 0 Å². The Morgan fingerprint density at radius 1 is 1.29 bits per heavy atom. The van der Waals surface area contributed by atoms with Gasteiger partial charge in [0.05, 0.1) is 5.92 Å². The van der Waals surface area contributed by atoms with Gasteiger partial charge in [-0.2, -0.15) is 0 Å². The van der Waals surface area contributed by atoms with Crippen molar-refractivity contribution >= 4 is 17.4 Å². The molecule has 0 bridgehead atoms. The molecule has 0 aliphatic carbocycles. The number of piperidine rings is 1. The smallest absolute Gasteiger partial charge is 0.144 e. The zero-order valence-corrected chi connectivity index (χ0v) is 13.4. The largest absolute Gasteiger partial charge is 0.302 e. The topological polar surface area (TPSA) is 20.3 Å². The lowest BCUT2D eigenvalue weighted by Gasteiger charge is -2.32. The average Bonchev–Trinajstić information content (AvgIpc) is 2.47. The Morgan fingerprint density at radius 2 is 1.86 bits per heavy atom. The van der Waals surface area contributed by atoms with E-state index in [1.807, 2.05) is 38.1 Å². The lowest BCUT2D eigenvalue weighted by Crippen LogP contribution is -2.39. The van der Waals surface area contributed by atoms with Gasteiger partial charge in [0.25, 0.3) is 0 Å². The first-order chi connectivity index (χ1) is 9.97. The lowest BCUT2D eigenvalue weighted by atomic mass is 9.88. The van der Waals surface area contributed by atoms with Crippen LogP contribution in [0.5, 0.6) is 0 Å². The molecule has 1 atom stereocenters. The Bertz CT molecular complexity index is 466. The van der Waals surface area contributed by atoms with E-state index < -0.39 is 6.17 Å². The molecule has 0 aromatic heterocycles. The minimum Gasteiger partial charge on any atom is -0.302 e. The fourth-order valence-corrected chi connectivity index (χ4v) is 2.93. The Labute approximate surface area is 131 Å². The van der Waals surface area contributed by atoms with Crippen LogP contribution < -0.4 is 0 Å². The second kappa shape index (κ2) is 7.37. The van der Waals surface area contributed by atoms with Gasteiger partial charge in [-0.1, -0.05) is 37.6 Å². The number of Topliss-reactive ketones (excluding diaryl/α,β-unsaturated/α-hetero) is 1. The average molecular weight is 312 g/mol. The van der Waals surface area contributed by atoms with Crippen molar-refractivity contribution in [1.82, 2.24) is 4.90 Å².